The van der Waals surface area contributed by atoms with Crippen LogP contribution in [0, 0.1) is 0 Å². The number of rotatable bonds is 12. The average molecular weight is 736 g/mol. The van der Waals surface area contributed by atoms with E-state index in [4.69, 9.17) is 54.4 Å². The molecule has 0 saturated heterocycles. The van der Waals surface area contributed by atoms with Crippen molar-refractivity contribution in [1.29, 1.82) is 0 Å². The van der Waals surface area contributed by atoms with Crippen molar-refractivity contribution >= 4 is 74.6 Å². The van der Waals surface area contributed by atoms with Crippen LogP contribution in [0.25, 0.3) is 0 Å². The van der Waals surface area contributed by atoms with Crippen LogP contribution in [0.2, 0.25) is 10.0 Å². The second-order valence-corrected chi connectivity index (χ2v) is 11.6. The lowest BCUT2D eigenvalue weighted by molar-refractivity contribution is -0.139. The van der Waals surface area contributed by atoms with E-state index in [1.54, 1.807) is 68.4 Å². The second-order valence-electron chi connectivity index (χ2n) is 9.46. The Morgan fingerprint density at radius 3 is 2.60 bits per heavy atom. The maximum atomic E-state index is 12.8. The van der Waals surface area contributed by atoms with E-state index in [0.717, 1.165) is 5.56 Å². The number of ether oxygens (including phenoxy) is 4. The van der Waals surface area contributed by atoms with Gasteiger partial charge in [0.1, 0.15) is 12.4 Å². The van der Waals surface area contributed by atoms with E-state index in [2.05, 4.69) is 37.1 Å². The Labute approximate surface area is 284 Å². The van der Waals surface area contributed by atoms with Gasteiger partial charge in [-0.25, -0.2) is 10.2 Å². The van der Waals surface area contributed by atoms with Gasteiger partial charge in [0.2, 0.25) is 0 Å². The van der Waals surface area contributed by atoms with Gasteiger partial charge in [-0.3, -0.25) is 4.79 Å². The van der Waals surface area contributed by atoms with Crippen LogP contribution in [0.5, 0.6) is 17.2 Å². The van der Waals surface area contributed by atoms with Crippen LogP contribution in [0.15, 0.2) is 75.4 Å². The summed E-state index contributed by atoms with van der Waals surface area (Å²) in [5.74, 6) is 0.321. The van der Waals surface area contributed by atoms with Crippen molar-refractivity contribution in [3.05, 3.63) is 97.1 Å². The number of nitrogens with zero attached hydrogens (tertiary/aromatic N) is 1. The Bertz CT molecular complexity index is 1670. The zero-order chi connectivity index (χ0) is 32.5. The number of hydrogen-bond donors (Lipinski definition) is 3. The van der Waals surface area contributed by atoms with Gasteiger partial charge in [0.05, 0.1) is 31.5 Å². The van der Waals surface area contributed by atoms with Crippen LogP contribution in [-0.2, 0) is 20.9 Å². The van der Waals surface area contributed by atoms with Crippen LogP contribution in [0.1, 0.15) is 36.6 Å². The highest BCUT2D eigenvalue weighted by Gasteiger charge is 2.32. The standard InChI is InChI=1S/C31H29BrCl2N4O6S/c1-4-42-30(40)28-17(2)36-31(45)37-29(28)21-7-5-6-8-24(21)44-16-27(39)38-35-14-19-11-25(41-3)26(13-22(19)32)43-15-18-9-10-20(33)12-23(18)34/h5-14,29H,4,15-16H2,1-3H3,(H,38,39)(H2,36,37,45)/t29-/m0/s1. The monoisotopic (exact) mass is 734 g/mol. The van der Waals surface area contributed by atoms with Crippen LogP contribution in [0.4, 0.5) is 0 Å². The number of hydrogen-bond acceptors (Lipinski definition) is 8. The minimum absolute atomic E-state index is 0.200. The number of para-hydroxylation sites is 1. The summed E-state index contributed by atoms with van der Waals surface area (Å²) in [5, 5.41) is 11.5. The molecule has 1 amide bonds. The number of benzene rings is 3. The number of nitrogens with one attached hydrogen (secondary N) is 3. The number of allylic oxidation sites excluding steroid dienone is 1. The van der Waals surface area contributed by atoms with Crippen molar-refractivity contribution in [3.63, 3.8) is 0 Å². The quantitative estimate of drug-likeness (QED) is 0.0861. The lowest BCUT2D eigenvalue weighted by Crippen LogP contribution is -2.45. The number of carbonyl (C=O) groups excluding carboxylic acids is 2. The highest BCUT2D eigenvalue weighted by Crippen LogP contribution is 2.35. The van der Waals surface area contributed by atoms with Gasteiger partial charge < -0.3 is 29.6 Å². The topological polar surface area (TPSA) is 120 Å². The highest BCUT2D eigenvalue weighted by molar-refractivity contribution is 9.10. The van der Waals surface area contributed by atoms with Gasteiger partial charge in [-0.15, -0.1) is 0 Å². The molecular weight excluding hydrogens is 707 g/mol. The summed E-state index contributed by atoms with van der Waals surface area (Å²) in [5.41, 5.74) is 5.38. The van der Waals surface area contributed by atoms with Crippen molar-refractivity contribution < 1.29 is 28.5 Å². The Balaban J connectivity index is 1.40. The Morgan fingerprint density at radius 2 is 1.87 bits per heavy atom. The summed E-state index contributed by atoms with van der Waals surface area (Å²) in [6.45, 7) is 3.55. The Kier molecular flexibility index (Phi) is 12.1. The third-order valence-corrected chi connectivity index (χ3v) is 7.92. The van der Waals surface area contributed by atoms with E-state index in [9.17, 15) is 9.59 Å². The fourth-order valence-electron chi connectivity index (χ4n) is 4.32. The Morgan fingerprint density at radius 1 is 1.09 bits per heavy atom. The molecule has 0 aromatic heterocycles. The van der Waals surface area contributed by atoms with Crippen molar-refractivity contribution in [2.24, 2.45) is 5.10 Å². The fraction of sp³-hybridized carbons (Fsp3) is 0.226. The lowest BCUT2D eigenvalue weighted by atomic mass is 9.95. The van der Waals surface area contributed by atoms with E-state index >= 15 is 0 Å². The van der Waals surface area contributed by atoms with Gasteiger partial charge in [0.25, 0.3) is 5.91 Å². The van der Waals surface area contributed by atoms with Gasteiger partial charge in [-0.1, -0.05) is 47.5 Å². The molecule has 0 unspecified atom stereocenters. The summed E-state index contributed by atoms with van der Waals surface area (Å²) in [7, 11) is 1.52. The first-order valence-electron chi connectivity index (χ1n) is 13.5. The minimum Gasteiger partial charge on any atom is -0.493 e. The number of hydrazone groups is 1. The predicted octanol–water partition coefficient (Wildman–Crippen LogP) is 6.23. The smallest absolute Gasteiger partial charge is 0.338 e. The zero-order valence-electron chi connectivity index (χ0n) is 24.4. The van der Waals surface area contributed by atoms with Crippen molar-refractivity contribution in [3.8, 4) is 17.2 Å². The van der Waals surface area contributed by atoms with Crippen LogP contribution in [0.3, 0.4) is 0 Å². The number of amides is 1. The van der Waals surface area contributed by atoms with Crippen molar-refractivity contribution in [1.82, 2.24) is 16.1 Å². The molecule has 0 fully saturated rings. The molecule has 4 rings (SSSR count). The first-order valence-corrected chi connectivity index (χ1v) is 15.5. The summed E-state index contributed by atoms with van der Waals surface area (Å²) >= 11 is 21.0. The average Bonchev–Trinajstić information content (AvgIpc) is 3.00. The van der Waals surface area contributed by atoms with E-state index in [0.29, 0.717) is 59.3 Å². The Hall–Kier alpha value is -3.84. The predicted molar refractivity (Wildman–Crippen MR) is 180 cm³/mol. The molecule has 0 bridgehead atoms. The van der Waals surface area contributed by atoms with Crippen LogP contribution in [-0.4, -0.2) is 43.5 Å². The molecule has 1 heterocycles. The molecule has 10 nitrogen and oxygen atoms in total. The first-order chi connectivity index (χ1) is 21.6. The number of thiocarbonyl (C=S) groups is 1. The molecule has 0 spiro atoms. The van der Waals surface area contributed by atoms with E-state index in [1.807, 2.05) is 0 Å². The molecule has 3 aromatic carbocycles. The second kappa shape index (κ2) is 15.9. The zero-order valence-corrected chi connectivity index (χ0v) is 28.3. The molecule has 0 saturated carbocycles. The highest BCUT2D eigenvalue weighted by atomic mass is 79.9. The molecule has 1 atom stereocenters. The number of carbonyl (C=O) groups is 2. The summed E-state index contributed by atoms with van der Waals surface area (Å²) < 4.78 is 23.2. The van der Waals surface area contributed by atoms with Gasteiger partial charge in [0, 0.05) is 36.9 Å². The van der Waals surface area contributed by atoms with Gasteiger partial charge in [-0.05, 0) is 72.3 Å². The van der Waals surface area contributed by atoms with Gasteiger partial charge in [-0.2, -0.15) is 5.10 Å². The number of methoxy groups -OCH3 is 1. The van der Waals surface area contributed by atoms with Gasteiger partial charge >= 0.3 is 5.97 Å². The minimum atomic E-state index is -0.641. The molecular formula is C31H29BrCl2N4O6S. The molecule has 0 radical (unpaired) electrons. The number of esters is 1. The van der Waals surface area contributed by atoms with E-state index in [1.165, 1.54) is 13.3 Å². The number of halogens is 3. The molecule has 1 aliphatic rings. The SMILES string of the molecule is CCOC(=O)C1=C(C)NC(=S)N[C@H]1c1ccccc1OCC(=O)NN=Cc1cc(OC)c(OCc2ccc(Cl)cc2Cl)cc1Br. The van der Waals surface area contributed by atoms with Crippen LogP contribution < -0.4 is 30.3 Å². The molecule has 14 heteroatoms. The summed E-state index contributed by atoms with van der Waals surface area (Å²) in [6.07, 6.45) is 1.46. The molecule has 1 aliphatic heterocycles. The van der Waals surface area contributed by atoms with Crippen LogP contribution >= 0.6 is 51.3 Å². The molecule has 0 aliphatic carbocycles. The molecule has 236 valence electrons. The summed E-state index contributed by atoms with van der Waals surface area (Å²) in [4.78, 5) is 25.4. The van der Waals surface area contributed by atoms with Gasteiger partial charge in [0.15, 0.2) is 23.2 Å². The van der Waals surface area contributed by atoms with E-state index < -0.39 is 17.9 Å². The molecule has 3 N–H and O–H groups in total. The largest absolute Gasteiger partial charge is 0.493 e. The normalized spacial score (nSPS) is 14.4. The lowest BCUT2D eigenvalue weighted by Gasteiger charge is -2.30. The van der Waals surface area contributed by atoms with Crippen molar-refractivity contribution in [2.75, 3.05) is 20.3 Å². The third kappa shape index (κ3) is 8.88. The third-order valence-electron chi connectivity index (χ3n) is 6.43. The fourth-order valence-corrected chi connectivity index (χ4v) is 5.48. The first kappa shape index (κ1) is 34.0. The maximum Gasteiger partial charge on any atom is 0.338 e. The summed E-state index contributed by atoms with van der Waals surface area (Å²) in [6, 6.07) is 15.0. The van der Waals surface area contributed by atoms with Crippen molar-refractivity contribution in [2.45, 2.75) is 26.5 Å². The molecule has 45 heavy (non-hydrogen) atoms. The van der Waals surface area contributed by atoms with E-state index in [-0.39, 0.29) is 19.8 Å². The maximum absolute atomic E-state index is 12.8. The molecule has 3 aromatic rings.